The van der Waals surface area contributed by atoms with E-state index in [9.17, 15) is 14.7 Å². The number of hydrogen-bond acceptors (Lipinski definition) is 7. The van der Waals surface area contributed by atoms with Crippen LogP contribution in [0, 0.1) is 6.92 Å². The van der Waals surface area contributed by atoms with E-state index in [1.165, 1.54) is 0 Å². The molecular weight excluding hydrogens is 578 g/mol. The van der Waals surface area contributed by atoms with Gasteiger partial charge in [-0.2, -0.15) is 0 Å². The molecule has 1 unspecified atom stereocenters. The highest BCUT2D eigenvalue weighted by atomic mass is 35.5. The second-order valence-corrected chi connectivity index (χ2v) is 10.1. The Labute approximate surface area is 262 Å². The molecule has 226 valence electrons. The monoisotopic (exact) mass is 611 g/mol. The number of rotatable bonds is 13. The number of carbonyl (C=O) groups excluding carboxylic acids is 1. The lowest BCUT2D eigenvalue weighted by Gasteiger charge is -2.18. The average Bonchev–Trinajstić information content (AvgIpc) is 3.41. The molecule has 4 aromatic carbocycles. The zero-order valence-electron chi connectivity index (χ0n) is 24.2. The molecule has 0 aliphatic carbocycles. The van der Waals surface area contributed by atoms with Gasteiger partial charge in [-0.05, 0) is 60.5 Å². The number of aromatic nitrogens is 1. The molecule has 0 saturated carbocycles. The van der Waals surface area contributed by atoms with E-state index in [0.29, 0.717) is 48.0 Å². The fraction of sp³-hybridized carbons (Fsp3) is 0.171. The average molecular weight is 612 g/mol. The van der Waals surface area contributed by atoms with E-state index in [2.05, 4.69) is 10.3 Å². The number of ether oxygens (including phenoxy) is 1. The summed E-state index contributed by atoms with van der Waals surface area (Å²) in [6.07, 6.45) is 0.796. The van der Waals surface area contributed by atoms with Crippen molar-refractivity contribution in [1.82, 2.24) is 4.98 Å². The molecule has 0 aliphatic heterocycles. The fourth-order valence-corrected chi connectivity index (χ4v) is 4.78. The number of aryl methyl sites for hydroxylation is 1. The van der Waals surface area contributed by atoms with Crippen molar-refractivity contribution < 1.29 is 23.8 Å². The van der Waals surface area contributed by atoms with Crippen molar-refractivity contribution in [1.29, 1.82) is 0 Å². The first-order valence-corrected chi connectivity index (χ1v) is 14.1. The lowest BCUT2D eigenvalue weighted by Crippen LogP contribution is -2.32. The first-order chi connectivity index (χ1) is 20.9. The van der Waals surface area contributed by atoms with Gasteiger partial charge in [0.05, 0.1) is 12.3 Å². The number of para-hydroxylation sites is 1. The summed E-state index contributed by atoms with van der Waals surface area (Å²) >= 11 is 0. The van der Waals surface area contributed by atoms with E-state index in [0.717, 1.165) is 28.1 Å². The minimum atomic E-state index is -1.02. The minimum Gasteiger partial charge on any atom is -0.493 e. The molecule has 0 bridgehead atoms. The predicted molar refractivity (Wildman–Crippen MR) is 173 cm³/mol. The molecule has 1 atom stereocenters. The number of nitrogens with one attached hydrogen (secondary N) is 1. The lowest BCUT2D eigenvalue weighted by molar-refractivity contribution is -0.137. The van der Waals surface area contributed by atoms with E-state index in [4.69, 9.17) is 14.9 Å². The van der Waals surface area contributed by atoms with Gasteiger partial charge >= 0.3 is 5.97 Å². The molecule has 0 amide bonds. The van der Waals surface area contributed by atoms with Gasteiger partial charge in [0.25, 0.3) is 0 Å². The standard InChI is InChI=1S/C35H33N3O5.ClH/c1-23-30(38-34(43-23)26-9-3-2-4-10-26)18-19-42-28-16-14-24(15-17-28)21-32(35(40)41)37-31-13-6-5-12-29(31)33(39)27-11-7-8-25(20-27)22-36;/h2-17,20,32,37H,18-19,21-22,36H2,1H3,(H,40,41);1H. The van der Waals surface area contributed by atoms with Crippen LogP contribution >= 0.6 is 12.4 Å². The molecule has 1 aromatic heterocycles. The Kier molecular flexibility index (Phi) is 10.9. The SMILES string of the molecule is Cc1oc(-c2ccccc2)nc1CCOc1ccc(CC(Nc2ccccc2C(=O)c2cccc(CN)c2)C(=O)O)cc1.Cl. The Morgan fingerprint density at radius 1 is 0.932 bits per heavy atom. The second kappa shape index (κ2) is 15.0. The van der Waals surface area contributed by atoms with Gasteiger partial charge in [0.2, 0.25) is 5.89 Å². The van der Waals surface area contributed by atoms with E-state index >= 15 is 0 Å². The van der Waals surface area contributed by atoms with Crippen LogP contribution in [0.4, 0.5) is 5.69 Å². The van der Waals surface area contributed by atoms with Crippen LogP contribution in [0.3, 0.4) is 0 Å². The van der Waals surface area contributed by atoms with E-state index in [-0.39, 0.29) is 24.6 Å². The number of oxazole rings is 1. The third kappa shape index (κ3) is 7.92. The molecule has 0 radical (unpaired) electrons. The van der Waals surface area contributed by atoms with Crippen LogP contribution in [-0.4, -0.2) is 34.5 Å². The highest BCUT2D eigenvalue weighted by molar-refractivity contribution is 6.12. The van der Waals surface area contributed by atoms with E-state index in [1.54, 1.807) is 42.5 Å². The van der Waals surface area contributed by atoms with Crippen molar-refractivity contribution in [3.05, 3.63) is 137 Å². The molecule has 0 fully saturated rings. The smallest absolute Gasteiger partial charge is 0.326 e. The Bertz CT molecular complexity index is 1700. The number of anilines is 1. The summed E-state index contributed by atoms with van der Waals surface area (Å²) in [4.78, 5) is 30.1. The van der Waals surface area contributed by atoms with Crippen LogP contribution in [0.5, 0.6) is 5.75 Å². The van der Waals surface area contributed by atoms with Gasteiger partial charge in [0.1, 0.15) is 17.6 Å². The molecular formula is C35H34ClN3O5. The fourth-order valence-electron chi connectivity index (χ4n) is 4.78. The number of benzene rings is 4. The maximum absolute atomic E-state index is 13.3. The van der Waals surface area contributed by atoms with Gasteiger partial charge < -0.3 is 25.3 Å². The summed E-state index contributed by atoms with van der Waals surface area (Å²) in [6, 6.07) is 30.2. The topological polar surface area (TPSA) is 128 Å². The maximum atomic E-state index is 13.3. The number of carboxylic acids is 1. The molecule has 44 heavy (non-hydrogen) atoms. The largest absolute Gasteiger partial charge is 0.493 e. The van der Waals surface area contributed by atoms with Crippen molar-refractivity contribution in [3.8, 4) is 17.2 Å². The Balaban J connectivity index is 0.00000442. The van der Waals surface area contributed by atoms with Crippen LogP contribution in [-0.2, 0) is 24.2 Å². The summed E-state index contributed by atoms with van der Waals surface area (Å²) in [5.74, 6) is 0.791. The second-order valence-electron chi connectivity index (χ2n) is 10.1. The number of ketones is 1. The molecule has 5 aromatic rings. The zero-order chi connectivity index (χ0) is 30.2. The number of aliphatic carboxylic acids is 1. The molecule has 0 saturated heterocycles. The van der Waals surface area contributed by atoms with Gasteiger partial charge in [0.15, 0.2) is 5.78 Å². The van der Waals surface area contributed by atoms with Crippen LogP contribution in [0.2, 0.25) is 0 Å². The summed E-state index contributed by atoms with van der Waals surface area (Å²) in [5.41, 5.74) is 10.5. The molecule has 8 nitrogen and oxygen atoms in total. The number of nitrogens with two attached hydrogens (primary N) is 1. The number of hydrogen-bond donors (Lipinski definition) is 3. The Morgan fingerprint density at radius 2 is 1.66 bits per heavy atom. The van der Waals surface area contributed by atoms with Crippen molar-refractivity contribution in [3.63, 3.8) is 0 Å². The maximum Gasteiger partial charge on any atom is 0.326 e. The van der Waals surface area contributed by atoms with Crippen LogP contribution < -0.4 is 15.8 Å². The summed E-state index contributed by atoms with van der Waals surface area (Å²) in [7, 11) is 0. The molecule has 4 N–H and O–H groups in total. The highest BCUT2D eigenvalue weighted by Crippen LogP contribution is 2.24. The van der Waals surface area contributed by atoms with Crippen molar-refractivity contribution >= 4 is 29.8 Å². The molecule has 9 heteroatoms. The molecule has 0 spiro atoms. The van der Waals surface area contributed by atoms with Gasteiger partial charge in [0, 0.05) is 41.8 Å². The van der Waals surface area contributed by atoms with Gasteiger partial charge in [-0.3, -0.25) is 4.79 Å². The van der Waals surface area contributed by atoms with E-state index < -0.39 is 12.0 Å². The summed E-state index contributed by atoms with van der Waals surface area (Å²) < 4.78 is 11.8. The van der Waals surface area contributed by atoms with Crippen molar-refractivity contribution in [2.75, 3.05) is 11.9 Å². The quantitative estimate of drug-likeness (QED) is 0.129. The summed E-state index contributed by atoms with van der Waals surface area (Å²) in [5, 5.41) is 13.1. The number of carbonyl (C=O) groups is 2. The van der Waals surface area contributed by atoms with Crippen LogP contribution in [0.25, 0.3) is 11.5 Å². The van der Waals surface area contributed by atoms with Crippen molar-refractivity contribution in [2.24, 2.45) is 5.73 Å². The highest BCUT2D eigenvalue weighted by Gasteiger charge is 2.21. The van der Waals surface area contributed by atoms with Crippen LogP contribution in [0.15, 0.2) is 108 Å². The lowest BCUT2D eigenvalue weighted by atomic mass is 9.99. The third-order valence-corrected chi connectivity index (χ3v) is 7.11. The van der Waals surface area contributed by atoms with E-state index in [1.807, 2.05) is 67.6 Å². The molecule has 1 heterocycles. The molecule has 0 aliphatic rings. The Hall–Kier alpha value is -4.92. The minimum absolute atomic E-state index is 0. The van der Waals surface area contributed by atoms with Gasteiger partial charge in [-0.25, -0.2) is 9.78 Å². The summed E-state index contributed by atoms with van der Waals surface area (Å²) in [6.45, 7) is 2.63. The molecule has 5 rings (SSSR count). The first kappa shape index (κ1) is 32.0. The number of halogens is 1. The van der Waals surface area contributed by atoms with Gasteiger partial charge in [-0.1, -0.05) is 60.7 Å². The Morgan fingerprint density at radius 3 is 2.39 bits per heavy atom. The number of nitrogens with zero attached hydrogens (tertiary/aromatic N) is 1. The first-order valence-electron chi connectivity index (χ1n) is 14.1. The third-order valence-electron chi connectivity index (χ3n) is 7.11. The van der Waals surface area contributed by atoms with Crippen LogP contribution in [0.1, 0.15) is 38.5 Å². The normalized spacial score (nSPS) is 11.3. The predicted octanol–water partition coefficient (Wildman–Crippen LogP) is 6.49. The number of carboxylic acid groups (broad SMARTS) is 1. The van der Waals surface area contributed by atoms with Gasteiger partial charge in [-0.15, -0.1) is 12.4 Å². The van der Waals surface area contributed by atoms with Crippen molar-refractivity contribution in [2.45, 2.75) is 32.4 Å². The zero-order valence-corrected chi connectivity index (χ0v) is 25.1.